The van der Waals surface area contributed by atoms with Crippen LogP contribution in [0.5, 0.6) is 11.5 Å². The topological polar surface area (TPSA) is 129 Å². The third-order valence-electron chi connectivity index (χ3n) is 7.18. The van der Waals surface area contributed by atoms with Crippen molar-refractivity contribution in [2.45, 2.75) is 63.1 Å². The number of nitrogens with zero attached hydrogens (tertiary/aromatic N) is 5. The van der Waals surface area contributed by atoms with E-state index in [0.717, 1.165) is 0 Å². The van der Waals surface area contributed by atoms with Crippen LogP contribution in [0.15, 0.2) is 78.3 Å². The fourth-order valence-electron chi connectivity index (χ4n) is 4.67. The molecule has 1 N–H and O–H groups in total. The molecule has 5 aromatic rings. The first kappa shape index (κ1) is 30.7. The molecule has 0 fully saturated rings. The summed E-state index contributed by atoms with van der Waals surface area (Å²) in [7, 11) is -3.96. The van der Waals surface area contributed by atoms with Crippen molar-refractivity contribution in [2.75, 3.05) is 5.32 Å². The van der Waals surface area contributed by atoms with E-state index in [1.54, 1.807) is 62.1 Å². The van der Waals surface area contributed by atoms with Crippen LogP contribution in [-0.4, -0.2) is 39.1 Å². The maximum absolute atomic E-state index is 15.4. The minimum atomic E-state index is -3.96. The number of anilines is 1. The summed E-state index contributed by atoms with van der Waals surface area (Å²) in [5.74, 6) is -0.633. The molecule has 228 valence electrons. The molecule has 0 saturated heterocycles. The van der Waals surface area contributed by atoms with Gasteiger partial charge in [0.25, 0.3) is 0 Å². The van der Waals surface area contributed by atoms with Crippen LogP contribution in [0.25, 0.3) is 10.9 Å². The Labute approximate surface area is 255 Å². The molecule has 0 bridgehead atoms. The molecule has 5 rings (SSSR count). The fourth-order valence-corrected chi connectivity index (χ4v) is 6.12. The molecule has 1 amide bonds. The maximum atomic E-state index is 15.4. The number of ether oxygens (including phenoxy) is 1. The van der Waals surface area contributed by atoms with Crippen molar-refractivity contribution in [1.82, 2.24) is 24.7 Å². The highest BCUT2D eigenvalue weighted by Gasteiger charge is 2.40. The lowest BCUT2D eigenvalue weighted by Gasteiger charge is -2.23. The normalized spacial score (nSPS) is 12.3. The smallest absolute Gasteiger partial charge is 0.228 e. The number of hydrogen-bond acceptors (Lipinski definition) is 8. The summed E-state index contributed by atoms with van der Waals surface area (Å²) in [4.78, 5) is 25.3. The number of amides is 1. The highest BCUT2D eigenvalue weighted by atomic mass is 32.2. The molecule has 0 radical (unpaired) electrons. The summed E-state index contributed by atoms with van der Waals surface area (Å²) >= 11 is 0. The molecule has 0 spiro atoms. The lowest BCUT2D eigenvalue weighted by Crippen LogP contribution is -2.31. The van der Waals surface area contributed by atoms with Crippen molar-refractivity contribution in [3.63, 3.8) is 0 Å². The number of nitrogens with one attached hydrogen (secondary N) is 1. The number of aromatic nitrogens is 5. The van der Waals surface area contributed by atoms with Crippen LogP contribution in [0.3, 0.4) is 0 Å². The highest BCUT2D eigenvalue weighted by Crippen LogP contribution is 2.37. The Hall–Kier alpha value is -4.71. The Morgan fingerprint density at radius 1 is 1.00 bits per heavy atom. The van der Waals surface area contributed by atoms with Crippen molar-refractivity contribution in [3.8, 4) is 11.5 Å². The predicted molar refractivity (Wildman–Crippen MR) is 165 cm³/mol. The molecule has 12 heteroatoms. The zero-order chi connectivity index (χ0) is 31.9. The summed E-state index contributed by atoms with van der Waals surface area (Å²) in [5, 5.41) is 7.46. The Kier molecular flexibility index (Phi) is 7.98. The van der Waals surface area contributed by atoms with Gasteiger partial charge in [0.2, 0.25) is 5.91 Å². The summed E-state index contributed by atoms with van der Waals surface area (Å²) < 4.78 is 49.2. The first-order chi connectivity index (χ1) is 20.7. The second-order valence-corrected chi connectivity index (χ2v) is 14.5. The largest absolute Gasteiger partial charge is 0.453 e. The van der Waals surface area contributed by atoms with Crippen LogP contribution in [0.2, 0.25) is 0 Å². The molecule has 0 aliphatic rings. The van der Waals surface area contributed by atoms with Gasteiger partial charge in [0, 0.05) is 30.2 Å². The van der Waals surface area contributed by atoms with E-state index in [2.05, 4.69) is 25.4 Å². The van der Waals surface area contributed by atoms with Gasteiger partial charge in [-0.3, -0.25) is 14.5 Å². The van der Waals surface area contributed by atoms with Crippen molar-refractivity contribution >= 4 is 32.3 Å². The number of carbonyl (C=O) groups excluding carboxylic acids is 1. The molecule has 0 aliphatic carbocycles. The van der Waals surface area contributed by atoms with Gasteiger partial charge >= 0.3 is 0 Å². The van der Waals surface area contributed by atoms with E-state index in [0.29, 0.717) is 27.7 Å². The van der Waals surface area contributed by atoms with Gasteiger partial charge < -0.3 is 10.1 Å². The number of hydrogen-bond donors (Lipinski definition) is 1. The molecule has 10 nitrogen and oxygen atoms in total. The summed E-state index contributed by atoms with van der Waals surface area (Å²) in [6.07, 6.45) is 7.74. The zero-order valence-electron chi connectivity index (χ0n) is 25.3. The number of sulfone groups is 1. The van der Waals surface area contributed by atoms with Gasteiger partial charge in [-0.05, 0) is 89.1 Å². The molecule has 44 heavy (non-hydrogen) atoms. The van der Waals surface area contributed by atoms with Crippen LogP contribution >= 0.6 is 0 Å². The monoisotopic (exact) mass is 616 g/mol. The van der Waals surface area contributed by atoms with Crippen molar-refractivity contribution in [2.24, 2.45) is 0 Å². The number of carbonyl (C=O) groups is 1. The van der Waals surface area contributed by atoms with Gasteiger partial charge in [0.1, 0.15) is 16.3 Å². The number of benzene rings is 2. The van der Waals surface area contributed by atoms with E-state index in [1.807, 2.05) is 20.8 Å². The van der Waals surface area contributed by atoms with E-state index in [1.165, 1.54) is 36.8 Å². The number of aryl methyl sites for hydroxylation is 1. The lowest BCUT2D eigenvalue weighted by molar-refractivity contribution is -0.115. The van der Waals surface area contributed by atoms with Crippen molar-refractivity contribution in [1.29, 1.82) is 0 Å². The molecular weight excluding hydrogens is 583 g/mol. The Bertz CT molecular complexity index is 1950. The molecule has 0 unspecified atom stereocenters. The quantitative estimate of drug-likeness (QED) is 0.221. The summed E-state index contributed by atoms with van der Waals surface area (Å²) in [6, 6.07) is 10.6. The van der Waals surface area contributed by atoms with E-state index >= 15 is 4.39 Å². The van der Waals surface area contributed by atoms with E-state index in [9.17, 15) is 13.2 Å². The van der Waals surface area contributed by atoms with E-state index in [4.69, 9.17) is 4.74 Å². The Morgan fingerprint density at radius 2 is 1.73 bits per heavy atom. The summed E-state index contributed by atoms with van der Waals surface area (Å²) in [6.45, 7) is 10.8. The second kappa shape index (κ2) is 11.4. The van der Waals surface area contributed by atoms with Gasteiger partial charge in [-0.25, -0.2) is 22.8 Å². The molecule has 0 atom stereocenters. The lowest BCUT2D eigenvalue weighted by atomic mass is 10.1. The number of halogens is 1. The predicted octanol–water partition coefficient (Wildman–Crippen LogP) is 6.11. The summed E-state index contributed by atoms with van der Waals surface area (Å²) in [5.41, 5.74) is 1.71. The zero-order valence-corrected chi connectivity index (χ0v) is 26.1. The highest BCUT2D eigenvalue weighted by molar-refractivity contribution is 7.92. The standard InChI is InChI=1S/C32H33FN6O4S/c1-20-14-21(16-28(40)38-22-18-37-39(19-22)31(2,3)4)15-25(33)29(20)43-27-10-13-34-26-9-8-23(17-24(26)27)44(41,42)32(5,6)30-35-11-7-12-36-30/h7-15,17-19H,16H2,1-6H3,(H,38,40). The number of fused-ring (bicyclic) bond motifs is 1. The third-order valence-corrected chi connectivity index (χ3v) is 9.58. The minimum Gasteiger partial charge on any atom is -0.453 e. The number of rotatable bonds is 8. The average molecular weight is 617 g/mol. The average Bonchev–Trinajstić information content (AvgIpc) is 3.44. The fraction of sp³-hybridized carbons (Fsp3) is 0.281. The van der Waals surface area contributed by atoms with Crippen LogP contribution in [-0.2, 0) is 31.3 Å². The van der Waals surface area contributed by atoms with Crippen molar-refractivity contribution in [3.05, 3.63) is 96.2 Å². The van der Waals surface area contributed by atoms with Gasteiger partial charge in [0.05, 0.1) is 34.3 Å². The Morgan fingerprint density at radius 3 is 2.39 bits per heavy atom. The SMILES string of the molecule is Cc1cc(CC(=O)Nc2cnn(C(C)(C)C)c2)cc(F)c1Oc1ccnc2ccc(S(=O)(=O)C(C)(C)c3ncccn3)cc12. The van der Waals surface area contributed by atoms with Crippen LogP contribution < -0.4 is 10.1 Å². The maximum Gasteiger partial charge on any atom is 0.228 e. The van der Waals surface area contributed by atoms with E-state index < -0.39 is 20.4 Å². The first-order valence-electron chi connectivity index (χ1n) is 13.9. The molecule has 0 saturated carbocycles. The van der Waals surface area contributed by atoms with Crippen LogP contribution in [0, 0.1) is 12.7 Å². The molecule has 0 aliphatic heterocycles. The molecule has 2 aromatic carbocycles. The third kappa shape index (κ3) is 6.02. The number of pyridine rings is 1. The first-order valence-corrected chi connectivity index (χ1v) is 15.4. The molecular formula is C32H33FN6O4S. The van der Waals surface area contributed by atoms with Gasteiger partial charge in [-0.2, -0.15) is 5.10 Å². The van der Waals surface area contributed by atoms with Crippen LogP contribution in [0.1, 0.15) is 51.6 Å². The van der Waals surface area contributed by atoms with E-state index in [-0.39, 0.29) is 40.1 Å². The van der Waals surface area contributed by atoms with Gasteiger partial charge in [0.15, 0.2) is 21.4 Å². The Balaban J connectivity index is 1.40. The molecule has 3 aromatic heterocycles. The molecule has 3 heterocycles. The van der Waals surface area contributed by atoms with Gasteiger partial charge in [-0.1, -0.05) is 6.07 Å². The van der Waals surface area contributed by atoms with Gasteiger partial charge in [-0.15, -0.1) is 0 Å². The second-order valence-electron chi connectivity index (χ2n) is 12.0. The van der Waals surface area contributed by atoms with Crippen LogP contribution in [0.4, 0.5) is 10.1 Å². The van der Waals surface area contributed by atoms with Crippen molar-refractivity contribution < 1.29 is 22.3 Å². The minimum absolute atomic E-state index is 0.0203.